The van der Waals surface area contributed by atoms with Gasteiger partial charge in [0.05, 0.1) is 0 Å². The lowest BCUT2D eigenvalue weighted by Crippen LogP contribution is -1.76. The second-order valence-corrected chi connectivity index (χ2v) is 3.07. The van der Waals surface area contributed by atoms with E-state index in [1.807, 2.05) is 12.1 Å². The van der Waals surface area contributed by atoms with Gasteiger partial charge in [-0.3, -0.25) is 0 Å². The lowest BCUT2D eigenvalue weighted by atomic mass is 10.2. The molecule has 1 heterocycles. The van der Waals surface area contributed by atoms with Crippen LogP contribution in [0, 0.1) is 6.92 Å². The minimum atomic E-state index is 0.522. The van der Waals surface area contributed by atoms with E-state index in [4.69, 9.17) is 16.0 Å². The van der Waals surface area contributed by atoms with Crippen molar-refractivity contribution < 1.29 is 4.42 Å². The van der Waals surface area contributed by atoms with Gasteiger partial charge < -0.3 is 4.42 Å². The number of hydrogen-bond acceptors (Lipinski definition) is 3. The quantitative estimate of drug-likeness (QED) is 0.701. The molecule has 66 valence electrons. The Hall–Kier alpha value is -1.35. The molecule has 0 atom stereocenters. The molecule has 0 unspecified atom stereocenters. The summed E-state index contributed by atoms with van der Waals surface area (Å²) >= 11 is 5.74. The number of aromatic nitrogens is 2. The van der Waals surface area contributed by atoms with Gasteiger partial charge in [-0.25, -0.2) is 0 Å². The molecular weight excluding hydrogens is 188 g/mol. The van der Waals surface area contributed by atoms with E-state index in [1.54, 1.807) is 19.1 Å². The zero-order valence-corrected chi connectivity index (χ0v) is 7.75. The molecule has 0 saturated heterocycles. The Labute approximate surface area is 80.4 Å². The number of rotatable bonds is 1. The number of nitrogens with zero attached hydrogens (tertiary/aromatic N) is 2. The second-order valence-electron chi connectivity index (χ2n) is 2.63. The van der Waals surface area contributed by atoms with Crippen LogP contribution in [0.25, 0.3) is 11.5 Å². The van der Waals surface area contributed by atoms with Gasteiger partial charge in [-0.1, -0.05) is 11.6 Å². The first-order valence-electron chi connectivity index (χ1n) is 3.82. The normalized spacial score (nSPS) is 10.3. The maximum Gasteiger partial charge on any atom is 0.247 e. The second kappa shape index (κ2) is 3.18. The molecule has 2 aromatic rings. The average molecular weight is 195 g/mol. The highest BCUT2D eigenvalue weighted by Crippen LogP contribution is 2.19. The largest absolute Gasteiger partial charge is 0.421 e. The summed E-state index contributed by atoms with van der Waals surface area (Å²) in [6.07, 6.45) is 0. The highest BCUT2D eigenvalue weighted by atomic mass is 35.5. The fraction of sp³-hybridized carbons (Fsp3) is 0.111. The number of halogens is 1. The van der Waals surface area contributed by atoms with Crippen LogP contribution < -0.4 is 0 Å². The van der Waals surface area contributed by atoms with E-state index in [-0.39, 0.29) is 0 Å². The van der Waals surface area contributed by atoms with Crippen LogP contribution in [0.5, 0.6) is 0 Å². The molecule has 1 aromatic heterocycles. The van der Waals surface area contributed by atoms with Gasteiger partial charge in [-0.15, -0.1) is 10.2 Å². The lowest BCUT2D eigenvalue weighted by molar-refractivity contribution is 0.533. The molecule has 1 aromatic carbocycles. The molecule has 4 heteroatoms. The summed E-state index contributed by atoms with van der Waals surface area (Å²) in [5.41, 5.74) is 0.880. The number of hydrogen-bond donors (Lipinski definition) is 0. The van der Waals surface area contributed by atoms with Crippen LogP contribution in [0.2, 0.25) is 5.02 Å². The van der Waals surface area contributed by atoms with Crippen molar-refractivity contribution in [3.05, 3.63) is 35.2 Å². The third-order valence-corrected chi connectivity index (χ3v) is 1.87. The predicted molar refractivity (Wildman–Crippen MR) is 49.5 cm³/mol. The van der Waals surface area contributed by atoms with Gasteiger partial charge in [0, 0.05) is 17.5 Å². The van der Waals surface area contributed by atoms with Crippen molar-refractivity contribution in [3.63, 3.8) is 0 Å². The Morgan fingerprint density at radius 1 is 1.15 bits per heavy atom. The van der Waals surface area contributed by atoms with Gasteiger partial charge in [-0.05, 0) is 24.3 Å². The Balaban J connectivity index is 2.41. The molecule has 13 heavy (non-hydrogen) atoms. The Bertz CT molecular complexity index is 408. The van der Waals surface area contributed by atoms with E-state index in [2.05, 4.69) is 10.2 Å². The first-order valence-corrected chi connectivity index (χ1v) is 4.19. The third kappa shape index (κ3) is 1.70. The number of benzene rings is 1. The van der Waals surface area contributed by atoms with Crippen LogP contribution >= 0.6 is 11.6 Å². The average Bonchev–Trinajstić information content (AvgIpc) is 2.53. The van der Waals surface area contributed by atoms with E-state index >= 15 is 0 Å². The first-order chi connectivity index (χ1) is 6.25. The summed E-state index contributed by atoms with van der Waals surface area (Å²) in [4.78, 5) is 0. The Morgan fingerprint density at radius 2 is 1.85 bits per heavy atom. The van der Waals surface area contributed by atoms with Crippen molar-refractivity contribution in [2.45, 2.75) is 6.92 Å². The molecule has 0 amide bonds. The van der Waals surface area contributed by atoms with E-state index < -0.39 is 0 Å². The topological polar surface area (TPSA) is 38.9 Å². The van der Waals surface area contributed by atoms with E-state index in [0.29, 0.717) is 16.8 Å². The molecule has 0 aliphatic heterocycles. The Kier molecular flexibility index (Phi) is 2.02. The van der Waals surface area contributed by atoms with Crippen LogP contribution in [0.4, 0.5) is 0 Å². The van der Waals surface area contributed by atoms with E-state index in [1.165, 1.54) is 0 Å². The van der Waals surface area contributed by atoms with Crippen molar-refractivity contribution in [1.82, 2.24) is 10.2 Å². The van der Waals surface area contributed by atoms with Crippen LogP contribution in [-0.4, -0.2) is 10.2 Å². The smallest absolute Gasteiger partial charge is 0.247 e. The van der Waals surface area contributed by atoms with Crippen LogP contribution in [-0.2, 0) is 0 Å². The van der Waals surface area contributed by atoms with Crippen LogP contribution in [0.1, 0.15) is 5.89 Å². The maximum atomic E-state index is 5.74. The third-order valence-electron chi connectivity index (χ3n) is 1.62. The van der Waals surface area contributed by atoms with E-state index in [0.717, 1.165) is 5.56 Å². The summed E-state index contributed by atoms with van der Waals surface area (Å²) in [5.74, 6) is 1.08. The molecule has 0 aliphatic carbocycles. The summed E-state index contributed by atoms with van der Waals surface area (Å²) in [6.45, 7) is 1.76. The van der Waals surface area contributed by atoms with Gasteiger partial charge in [0.15, 0.2) is 0 Å². The summed E-state index contributed by atoms with van der Waals surface area (Å²) in [6, 6.07) is 7.26. The monoisotopic (exact) mass is 194 g/mol. The molecule has 0 radical (unpaired) electrons. The van der Waals surface area contributed by atoms with Crippen molar-refractivity contribution in [2.75, 3.05) is 0 Å². The highest BCUT2D eigenvalue weighted by Gasteiger charge is 2.04. The Morgan fingerprint density at radius 3 is 2.38 bits per heavy atom. The minimum Gasteiger partial charge on any atom is -0.421 e. The maximum absolute atomic E-state index is 5.74. The molecule has 3 nitrogen and oxygen atoms in total. The SMILES string of the molecule is Cc1nnc(-c2ccc(Cl)cc2)o1. The van der Waals surface area contributed by atoms with Gasteiger partial charge in [0.25, 0.3) is 0 Å². The molecule has 0 saturated carbocycles. The molecule has 0 spiro atoms. The van der Waals surface area contributed by atoms with Gasteiger partial charge >= 0.3 is 0 Å². The van der Waals surface area contributed by atoms with Gasteiger partial charge in [0.1, 0.15) is 0 Å². The summed E-state index contributed by atoms with van der Waals surface area (Å²) in [7, 11) is 0. The summed E-state index contributed by atoms with van der Waals surface area (Å²) in [5, 5.41) is 8.32. The fourth-order valence-corrected chi connectivity index (χ4v) is 1.13. The first kappa shape index (κ1) is 8.26. The van der Waals surface area contributed by atoms with Crippen LogP contribution in [0.15, 0.2) is 28.7 Å². The van der Waals surface area contributed by atoms with Crippen molar-refractivity contribution in [3.8, 4) is 11.5 Å². The fourth-order valence-electron chi connectivity index (χ4n) is 1.01. The zero-order chi connectivity index (χ0) is 9.26. The molecular formula is C9H7ClN2O. The predicted octanol–water partition coefficient (Wildman–Crippen LogP) is 2.70. The van der Waals surface area contributed by atoms with Crippen molar-refractivity contribution in [1.29, 1.82) is 0 Å². The minimum absolute atomic E-state index is 0.522. The number of aryl methyl sites for hydroxylation is 1. The molecule has 0 fully saturated rings. The highest BCUT2D eigenvalue weighted by molar-refractivity contribution is 6.30. The lowest BCUT2D eigenvalue weighted by Gasteiger charge is -1.93. The summed E-state index contributed by atoms with van der Waals surface area (Å²) < 4.78 is 5.24. The molecule has 2 rings (SSSR count). The molecule has 0 N–H and O–H groups in total. The van der Waals surface area contributed by atoms with Gasteiger partial charge in [-0.2, -0.15) is 0 Å². The van der Waals surface area contributed by atoms with Crippen LogP contribution in [0.3, 0.4) is 0 Å². The van der Waals surface area contributed by atoms with E-state index in [9.17, 15) is 0 Å². The zero-order valence-electron chi connectivity index (χ0n) is 6.99. The van der Waals surface area contributed by atoms with Gasteiger partial charge in [0.2, 0.25) is 11.8 Å². The standard InChI is InChI=1S/C9H7ClN2O/c1-6-11-12-9(13-6)7-2-4-8(10)5-3-7/h2-5H,1H3. The van der Waals surface area contributed by atoms with Crippen molar-refractivity contribution >= 4 is 11.6 Å². The molecule has 0 bridgehead atoms. The molecule has 0 aliphatic rings. The van der Waals surface area contributed by atoms with Crippen molar-refractivity contribution in [2.24, 2.45) is 0 Å².